The lowest BCUT2D eigenvalue weighted by Gasteiger charge is -2.05. The Morgan fingerprint density at radius 2 is 2.31 bits per heavy atom. The molecule has 5 heteroatoms. The van der Waals surface area contributed by atoms with E-state index < -0.39 is 0 Å². The molecule has 0 atom stereocenters. The molecule has 0 bridgehead atoms. The number of rotatable bonds is 5. The zero-order valence-corrected chi connectivity index (χ0v) is 9.60. The van der Waals surface area contributed by atoms with E-state index >= 15 is 0 Å². The van der Waals surface area contributed by atoms with Gasteiger partial charge in [0.25, 0.3) is 0 Å². The molecule has 0 aromatic carbocycles. The minimum absolute atomic E-state index is 0.539. The van der Waals surface area contributed by atoms with Crippen molar-refractivity contribution in [2.45, 2.75) is 20.1 Å². The van der Waals surface area contributed by atoms with Gasteiger partial charge in [-0.25, -0.2) is 9.97 Å². The van der Waals surface area contributed by atoms with E-state index in [1.54, 1.807) is 6.33 Å². The summed E-state index contributed by atoms with van der Waals surface area (Å²) < 4.78 is 7.47. The molecule has 2 aromatic rings. The molecular weight excluding hydrogens is 204 g/mol. The lowest BCUT2D eigenvalue weighted by atomic mass is 10.4. The quantitative estimate of drug-likeness (QED) is 0.781. The highest BCUT2D eigenvalue weighted by Crippen LogP contribution is 2.19. The maximum atomic E-state index is 5.49. The third-order valence-electron chi connectivity index (χ3n) is 2.37. The van der Waals surface area contributed by atoms with Gasteiger partial charge in [-0.15, -0.1) is 0 Å². The fraction of sp³-hybridized carbons (Fsp3) is 0.455. The van der Waals surface area contributed by atoms with Crippen molar-refractivity contribution in [3.05, 3.63) is 18.6 Å². The molecule has 0 saturated heterocycles. The number of nitrogens with zero attached hydrogens (tertiary/aromatic N) is 3. The SMILES string of the molecule is CCCOCn1ccc2c(NC)ncnc21. The molecular formula is C11H16N4O. The molecule has 2 heterocycles. The van der Waals surface area contributed by atoms with Crippen LogP contribution in [-0.4, -0.2) is 28.2 Å². The van der Waals surface area contributed by atoms with Crippen LogP contribution in [0.25, 0.3) is 11.0 Å². The van der Waals surface area contributed by atoms with E-state index in [9.17, 15) is 0 Å². The van der Waals surface area contributed by atoms with Crippen LogP contribution in [0.5, 0.6) is 0 Å². The van der Waals surface area contributed by atoms with Crippen LogP contribution in [0.1, 0.15) is 13.3 Å². The summed E-state index contributed by atoms with van der Waals surface area (Å²) in [5, 5.41) is 4.06. The first-order valence-corrected chi connectivity index (χ1v) is 5.42. The zero-order valence-electron chi connectivity index (χ0n) is 9.60. The second-order valence-corrected chi connectivity index (χ2v) is 3.53. The van der Waals surface area contributed by atoms with Gasteiger partial charge in [0, 0.05) is 19.9 Å². The molecule has 2 aromatic heterocycles. The van der Waals surface area contributed by atoms with Crippen molar-refractivity contribution in [1.82, 2.24) is 14.5 Å². The molecule has 0 spiro atoms. The van der Waals surface area contributed by atoms with E-state index in [4.69, 9.17) is 4.74 Å². The molecule has 0 unspecified atom stereocenters. The van der Waals surface area contributed by atoms with E-state index in [0.29, 0.717) is 6.73 Å². The number of fused-ring (bicyclic) bond motifs is 1. The smallest absolute Gasteiger partial charge is 0.147 e. The van der Waals surface area contributed by atoms with Crippen molar-refractivity contribution in [1.29, 1.82) is 0 Å². The van der Waals surface area contributed by atoms with Gasteiger partial charge in [-0.2, -0.15) is 0 Å². The predicted octanol–water partition coefficient (Wildman–Crippen LogP) is 1.86. The summed E-state index contributed by atoms with van der Waals surface area (Å²) >= 11 is 0. The third-order valence-corrected chi connectivity index (χ3v) is 2.37. The molecule has 0 aliphatic rings. The Bertz CT molecular complexity index is 466. The van der Waals surface area contributed by atoms with Crippen LogP contribution < -0.4 is 5.32 Å². The van der Waals surface area contributed by atoms with Gasteiger partial charge >= 0.3 is 0 Å². The molecule has 1 N–H and O–H groups in total. The van der Waals surface area contributed by atoms with Gasteiger partial charge in [-0.3, -0.25) is 0 Å². The summed E-state index contributed by atoms with van der Waals surface area (Å²) in [7, 11) is 1.85. The third kappa shape index (κ3) is 1.99. The highest BCUT2D eigenvalue weighted by molar-refractivity contribution is 5.87. The van der Waals surface area contributed by atoms with Crippen LogP contribution in [0, 0.1) is 0 Å². The lowest BCUT2D eigenvalue weighted by molar-refractivity contribution is 0.0800. The van der Waals surface area contributed by atoms with Gasteiger partial charge in [-0.1, -0.05) is 6.92 Å². The Morgan fingerprint density at radius 1 is 1.44 bits per heavy atom. The molecule has 0 aliphatic carbocycles. The zero-order chi connectivity index (χ0) is 11.4. The molecule has 0 aliphatic heterocycles. The Hall–Kier alpha value is -1.62. The Kier molecular flexibility index (Phi) is 3.36. The first kappa shape index (κ1) is 10.9. The topological polar surface area (TPSA) is 52.0 Å². The molecule has 2 rings (SSSR count). The fourth-order valence-corrected chi connectivity index (χ4v) is 1.61. The number of aromatic nitrogens is 3. The van der Waals surface area contributed by atoms with E-state index in [2.05, 4.69) is 22.2 Å². The van der Waals surface area contributed by atoms with Crippen LogP contribution >= 0.6 is 0 Å². The summed E-state index contributed by atoms with van der Waals surface area (Å²) in [4.78, 5) is 8.42. The maximum Gasteiger partial charge on any atom is 0.147 e. The largest absolute Gasteiger partial charge is 0.372 e. The van der Waals surface area contributed by atoms with E-state index in [1.807, 2.05) is 23.9 Å². The average molecular weight is 220 g/mol. The van der Waals surface area contributed by atoms with Crippen LogP contribution in [0.4, 0.5) is 5.82 Å². The van der Waals surface area contributed by atoms with Crippen LogP contribution in [0.15, 0.2) is 18.6 Å². The van der Waals surface area contributed by atoms with Gasteiger partial charge in [0.05, 0.1) is 5.39 Å². The lowest BCUT2D eigenvalue weighted by Crippen LogP contribution is -2.03. The summed E-state index contributed by atoms with van der Waals surface area (Å²) in [5.41, 5.74) is 0.899. The summed E-state index contributed by atoms with van der Waals surface area (Å²) in [6.07, 6.45) is 4.55. The summed E-state index contributed by atoms with van der Waals surface area (Å²) in [6.45, 7) is 3.40. The first-order chi connectivity index (χ1) is 7.86. The number of anilines is 1. The monoisotopic (exact) mass is 220 g/mol. The van der Waals surface area contributed by atoms with Crippen LogP contribution in [-0.2, 0) is 11.5 Å². The van der Waals surface area contributed by atoms with E-state index in [1.165, 1.54) is 0 Å². The Balaban J connectivity index is 2.27. The summed E-state index contributed by atoms with van der Waals surface area (Å²) in [6, 6.07) is 2.00. The van der Waals surface area contributed by atoms with Crippen molar-refractivity contribution in [3.63, 3.8) is 0 Å². The van der Waals surface area contributed by atoms with Crippen molar-refractivity contribution >= 4 is 16.9 Å². The number of nitrogens with one attached hydrogen (secondary N) is 1. The molecule has 16 heavy (non-hydrogen) atoms. The predicted molar refractivity (Wildman–Crippen MR) is 63.3 cm³/mol. The first-order valence-electron chi connectivity index (χ1n) is 5.42. The van der Waals surface area contributed by atoms with E-state index in [-0.39, 0.29) is 0 Å². The number of hydrogen-bond donors (Lipinski definition) is 1. The van der Waals surface area contributed by atoms with Crippen molar-refractivity contribution < 1.29 is 4.74 Å². The molecule has 86 valence electrons. The van der Waals surface area contributed by atoms with Gasteiger partial charge < -0.3 is 14.6 Å². The van der Waals surface area contributed by atoms with Crippen molar-refractivity contribution in [2.75, 3.05) is 19.0 Å². The normalized spacial score (nSPS) is 10.9. The highest BCUT2D eigenvalue weighted by atomic mass is 16.5. The highest BCUT2D eigenvalue weighted by Gasteiger charge is 2.06. The van der Waals surface area contributed by atoms with Crippen molar-refractivity contribution in [3.8, 4) is 0 Å². The molecule has 0 radical (unpaired) electrons. The van der Waals surface area contributed by atoms with Gasteiger partial charge in [-0.05, 0) is 12.5 Å². The molecule has 0 fully saturated rings. The van der Waals surface area contributed by atoms with Crippen LogP contribution in [0.2, 0.25) is 0 Å². The summed E-state index contributed by atoms with van der Waals surface area (Å²) in [5.74, 6) is 0.847. The average Bonchev–Trinajstić information content (AvgIpc) is 2.73. The molecule has 5 nitrogen and oxygen atoms in total. The van der Waals surface area contributed by atoms with Gasteiger partial charge in [0.2, 0.25) is 0 Å². The minimum Gasteiger partial charge on any atom is -0.372 e. The number of ether oxygens (including phenoxy) is 1. The van der Waals surface area contributed by atoms with Crippen LogP contribution in [0.3, 0.4) is 0 Å². The van der Waals surface area contributed by atoms with E-state index in [0.717, 1.165) is 29.9 Å². The second-order valence-electron chi connectivity index (χ2n) is 3.53. The number of hydrogen-bond acceptors (Lipinski definition) is 4. The maximum absolute atomic E-state index is 5.49. The fourth-order valence-electron chi connectivity index (χ4n) is 1.61. The Labute approximate surface area is 94.5 Å². The Morgan fingerprint density at radius 3 is 3.06 bits per heavy atom. The minimum atomic E-state index is 0.539. The van der Waals surface area contributed by atoms with Gasteiger partial charge in [0.1, 0.15) is 24.5 Å². The molecule has 0 saturated carbocycles. The second kappa shape index (κ2) is 4.94. The standard InChI is InChI=1S/C11H16N4O/c1-3-6-16-8-15-5-4-9-10(12-2)13-7-14-11(9)15/h4-5,7H,3,6,8H2,1-2H3,(H,12,13,14). The van der Waals surface area contributed by atoms with Gasteiger partial charge in [0.15, 0.2) is 0 Å². The van der Waals surface area contributed by atoms with Crippen molar-refractivity contribution in [2.24, 2.45) is 0 Å². The molecule has 0 amide bonds.